The van der Waals surface area contributed by atoms with Crippen molar-refractivity contribution in [2.24, 2.45) is 0 Å². The zero-order valence-electron chi connectivity index (χ0n) is 18.7. The molecule has 0 aromatic heterocycles. The van der Waals surface area contributed by atoms with E-state index in [2.05, 4.69) is 0 Å². The van der Waals surface area contributed by atoms with Gasteiger partial charge in [0.15, 0.2) is 0 Å². The standard InChI is InChI=1S/C23H29N3O5S2/c1-19-9-10-21(32(28,29)20-7-3-2-4-8-20)17-22(19)33(30,31)26-15-13-24(14-16-26)18-23(27)25-11-5-6-12-25/h2-4,7-10,17H,5-6,11-16,18H2,1H3. The van der Waals surface area contributed by atoms with E-state index in [0.29, 0.717) is 25.2 Å². The van der Waals surface area contributed by atoms with E-state index in [9.17, 15) is 21.6 Å². The first-order chi connectivity index (χ1) is 15.7. The lowest BCUT2D eigenvalue weighted by Crippen LogP contribution is -2.51. The number of likely N-dealkylation sites (tertiary alicyclic amines) is 1. The first-order valence-corrected chi connectivity index (χ1v) is 14.0. The van der Waals surface area contributed by atoms with Gasteiger partial charge in [-0.1, -0.05) is 24.3 Å². The predicted molar refractivity (Wildman–Crippen MR) is 124 cm³/mol. The van der Waals surface area contributed by atoms with Crippen molar-refractivity contribution in [3.05, 3.63) is 54.1 Å². The monoisotopic (exact) mass is 491 g/mol. The van der Waals surface area contributed by atoms with Gasteiger partial charge in [-0.2, -0.15) is 4.31 Å². The molecular weight excluding hydrogens is 462 g/mol. The second-order valence-corrected chi connectivity index (χ2v) is 12.4. The summed E-state index contributed by atoms with van der Waals surface area (Å²) >= 11 is 0. The molecule has 8 nitrogen and oxygen atoms in total. The Bertz CT molecular complexity index is 1220. The summed E-state index contributed by atoms with van der Waals surface area (Å²) < 4.78 is 54.2. The molecule has 2 aliphatic heterocycles. The van der Waals surface area contributed by atoms with Gasteiger partial charge in [-0.05, 0) is 49.6 Å². The van der Waals surface area contributed by atoms with Crippen LogP contribution in [0.4, 0.5) is 0 Å². The maximum absolute atomic E-state index is 13.4. The quantitative estimate of drug-likeness (QED) is 0.611. The molecule has 33 heavy (non-hydrogen) atoms. The fourth-order valence-electron chi connectivity index (χ4n) is 4.29. The lowest BCUT2D eigenvalue weighted by Gasteiger charge is -2.34. The molecule has 178 valence electrons. The second-order valence-electron chi connectivity index (χ2n) is 8.51. The molecule has 10 heteroatoms. The van der Waals surface area contributed by atoms with Crippen molar-refractivity contribution >= 4 is 25.8 Å². The van der Waals surface area contributed by atoms with Crippen LogP contribution in [-0.2, 0) is 24.7 Å². The summed E-state index contributed by atoms with van der Waals surface area (Å²) in [4.78, 5) is 16.3. The van der Waals surface area contributed by atoms with Crippen molar-refractivity contribution in [2.45, 2.75) is 34.5 Å². The van der Waals surface area contributed by atoms with Gasteiger partial charge >= 0.3 is 0 Å². The maximum atomic E-state index is 13.4. The molecule has 0 unspecified atom stereocenters. The van der Waals surface area contributed by atoms with Crippen molar-refractivity contribution in [1.82, 2.24) is 14.1 Å². The maximum Gasteiger partial charge on any atom is 0.243 e. The topological polar surface area (TPSA) is 95.1 Å². The van der Waals surface area contributed by atoms with E-state index in [1.54, 1.807) is 25.1 Å². The number of carbonyl (C=O) groups is 1. The third kappa shape index (κ3) is 4.98. The number of piperazine rings is 1. The van der Waals surface area contributed by atoms with Gasteiger partial charge in [-0.25, -0.2) is 16.8 Å². The minimum atomic E-state index is -3.88. The van der Waals surface area contributed by atoms with Gasteiger partial charge in [-0.15, -0.1) is 0 Å². The van der Waals surface area contributed by atoms with Crippen LogP contribution in [0.3, 0.4) is 0 Å². The minimum Gasteiger partial charge on any atom is -0.342 e. The number of nitrogens with zero attached hydrogens (tertiary/aromatic N) is 3. The van der Waals surface area contributed by atoms with Crippen LogP contribution in [0.25, 0.3) is 0 Å². The average molecular weight is 492 g/mol. The summed E-state index contributed by atoms with van der Waals surface area (Å²) in [5.41, 5.74) is 0.494. The zero-order chi connectivity index (χ0) is 23.6. The molecule has 0 aliphatic carbocycles. The number of hydrogen-bond acceptors (Lipinski definition) is 6. The highest BCUT2D eigenvalue weighted by molar-refractivity contribution is 7.91. The first kappa shape index (κ1) is 23.9. The molecule has 0 atom stereocenters. The number of benzene rings is 2. The van der Waals surface area contributed by atoms with E-state index in [0.717, 1.165) is 25.9 Å². The van der Waals surface area contributed by atoms with Gasteiger partial charge in [0.25, 0.3) is 0 Å². The van der Waals surface area contributed by atoms with E-state index in [1.807, 2.05) is 9.80 Å². The summed E-state index contributed by atoms with van der Waals surface area (Å²) in [5.74, 6) is 0.0958. The fourth-order valence-corrected chi connectivity index (χ4v) is 7.34. The molecular formula is C23H29N3O5S2. The van der Waals surface area contributed by atoms with Crippen molar-refractivity contribution < 1.29 is 21.6 Å². The van der Waals surface area contributed by atoms with Crippen LogP contribution in [0, 0.1) is 6.92 Å². The summed E-state index contributed by atoms with van der Waals surface area (Å²) in [7, 11) is -7.71. The van der Waals surface area contributed by atoms with Crippen molar-refractivity contribution in [3.8, 4) is 0 Å². The summed E-state index contributed by atoms with van der Waals surface area (Å²) in [5, 5.41) is 0. The van der Waals surface area contributed by atoms with Crippen molar-refractivity contribution in [1.29, 1.82) is 0 Å². The number of aryl methyl sites for hydroxylation is 1. The normalized spacial score (nSPS) is 18.5. The van der Waals surface area contributed by atoms with Crippen LogP contribution in [0.5, 0.6) is 0 Å². The van der Waals surface area contributed by atoms with E-state index in [1.165, 1.54) is 34.6 Å². The Morgan fingerprint density at radius 1 is 0.818 bits per heavy atom. The molecule has 0 spiro atoms. The SMILES string of the molecule is Cc1ccc(S(=O)(=O)c2ccccc2)cc1S(=O)(=O)N1CCN(CC(=O)N2CCCC2)CC1. The predicted octanol–water partition coefficient (Wildman–Crippen LogP) is 1.76. The third-order valence-electron chi connectivity index (χ3n) is 6.29. The van der Waals surface area contributed by atoms with E-state index < -0.39 is 19.9 Å². The Morgan fingerprint density at radius 2 is 1.45 bits per heavy atom. The van der Waals surface area contributed by atoms with Gasteiger partial charge in [0.1, 0.15) is 0 Å². The Kier molecular flexibility index (Phi) is 6.90. The molecule has 0 radical (unpaired) electrons. The lowest BCUT2D eigenvalue weighted by atomic mass is 10.2. The first-order valence-electron chi connectivity index (χ1n) is 11.1. The number of sulfonamides is 1. The van der Waals surface area contributed by atoms with Crippen LogP contribution in [-0.4, -0.2) is 82.7 Å². The summed E-state index contributed by atoms with van der Waals surface area (Å²) in [6.45, 7) is 4.99. The van der Waals surface area contributed by atoms with E-state index in [4.69, 9.17) is 0 Å². The van der Waals surface area contributed by atoms with Crippen LogP contribution < -0.4 is 0 Å². The Hall–Kier alpha value is -2.27. The molecule has 1 amide bonds. The molecule has 2 aliphatic rings. The van der Waals surface area contributed by atoms with Gasteiger partial charge in [0.05, 0.1) is 21.2 Å². The molecule has 0 saturated carbocycles. The van der Waals surface area contributed by atoms with Crippen molar-refractivity contribution in [2.75, 3.05) is 45.8 Å². The van der Waals surface area contributed by atoms with Crippen LogP contribution in [0.1, 0.15) is 18.4 Å². The number of carbonyl (C=O) groups excluding carboxylic acids is 1. The highest BCUT2D eigenvalue weighted by Crippen LogP contribution is 2.27. The number of rotatable bonds is 6. The van der Waals surface area contributed by atoms with Crippen molar-refractivity contribution in [3.63, 3.8) is 0 Å². The average Bonchev–Trinajstić information content (AvgIpc) is 3.35. The van der Waals surface area contributed by atoms with Crippen LogP contribution >= 0.6 is 0 Å². The van der Waals surface area contributed by atoms with Crippen LogP contribution in [0.15, 0.2) is 63.2 Å². The number of amides is 1. The van der Waals surface area contributed by atoms with E-state index >= 15 is 0 Å². The van der Waals surface area contributed by atoms with E-state index in [-0.39, 0.29) is 33.7 Å². The smallest absolute Gasteiger partial charge is 0.243 e. The summed E-state index contributed by atoms with van der Waals surface area (Å²) in [6.07, 6.45) is 2.08. The van der Waals surface area contributed by atoms with Gasteiger partial charge in [0.2, 0.25) is 25.8 Å². The molecule has 0 N–H and O–H groups in total. The third-order valence-corrected chi connectivity index (χ3v) is 10.1. The zero-order valence-corrected chi connectivity index (χ0v) is 20.3. The fraction of sp³-hybridized carbons (Fsp3) is 0.435. The molecule has 0 bridgehead atoms. The largest absolute Gasteiger partial charge is 0.342 e. The second kappa shape index (κ2) is 9.54. The molecule has 2 aromatic rings. The van der Waals surface area contributed by atoms with Gasteiger partial charge in [0, 0.05) is 39.3 Å². The molecule has 4 rings (SSSR count). The van der Waals surface area contributed by atoms with Gasteiger partial charge in [-0.3, -0.25) is 9.69 Å². The molecule has 2 fully saturated rings. The summed E-state index contributed by atoms with van der Waals surface area (Å²) in [6, 6.07) is 12.2. The Balaban J connectivity index is 1.50. The number of sulfone groups is 1. The lowest BCUT2D eigenvalue weighted by molar-refractivity contribution is -0.131. The highest BCUT2D eigenvalue weighted by atomic mass is 32.2. The molecule has 2 aromatic carbocycles. The Labute approximate surface area is 195 Å². The molecule has 2 saturated heterocycles. The van der Waals surface area contributed by atoms with Crippen LogP contribution in [0.2, 0.25) is 0 Å². The minimum absolute atomic E-state index is 0.00102. The van der Waals surface area contributed by atoms with Gasteiger partial charge < -0.3 is 4.90 Å². The highest BCUT2D eigenvalue weighted by Gasteiger charge is 2.32. The number of hydrogen-bond donors (Lipinski definition) is 0. The molecule has 2 heterocycles. The Morgan fingerprint density at radius 3 is 2.09 bits per heavy atom.